The molecule has 0 spiro atoms. The molecule has 1 aliphatic rings. The lowest BCUT2D eigenvalue weighted by atomic mass is 9.92. The van der Waals surface area contributed by atoms with Crippen LogP contribution in [0.1, 0.15) is 28.0 Å². The van der Waals surface area contributed by atoms with E-state index in [1.54, 1.807) is 29.7 Å². The zero-order valence-corrected chi connectivity index (χ0v) is 23.8. The first-order valence-electron chi connectivity index (χ1n) is 13.1. The van der Waals surface area contributed by atoms with Crippen LogP contribution in [0.15, 0.2) is 54.6 Å². The van der Waals surface area contributed by atoms with Gasteiger partial charge in [-0.1, -0.05) is 18.2 Å². The average molecular weight is 663 g/mol. The molecule has 1 aromatic heterocycles. The number of carbonyl (C=O) groups is 4. The fraction of sp³-hybridized carbons (Fsp3) is 0.321. The number of alkyl halides is 6. The number of piperidine rings is 1. The Morgan fingerprint density at radius 2 is 1.52 bits per heavy atom. The lowest BCUT2D eigenvalue weighted by molar-refractivity contribution is -0.193. The molecule has 12 nitrogen and oxygen atoms in total. The van der Waals surface area contributed by atoms with Gasteiger partial charge >= 0.3 is 24.3 Å². The Labute approximate surface area is 256 Å². The first kappa shape index (κ1) is 37.2. The number of halogens is 6. The Morgan fingerprint density at radius 1 is 0.957 bits per heavy atom. The quantitative estimate of drug-likeness (QED) is 0.129. The number of fused-ring (bicyclic) bond motifs is 1. The summed E-state index contributed by atoms with van der Waals surface area (Å²) < 4.78 is 69.4. The van der Waals surface area contributed by atoms with Crippen molar-refractivity contribution in [3.8, 4) is 5.75 Å². The molecule has 18 heteroatoms. The van der Waals surface area contributed by atoms with Gasteiger partial charge in [0, 0.05) is 34.8 Å². The zero-order chi connectivity index (χ0) is 34.7. The van der Waals surface area contributed by atoms with Crippen molar-refractivity contribution in [3.05, 3.63) is 71.4 Å². The van der Waals surface area contributed by atoms with Crippen molar-refractivity contribution in [3.63, 3.8) is 0 Å². The molecule has 0 saturated carbocycles. The molecule has 0 aliphatic carbocycles. The van der Waals surface area contributed by atoms with E-state index in [9.17, 15) is 35.9 Å². The zero-order valence-electron chi connectivity index (χ0n) is 23.8. The number of carbonyl (C=O) groups excluding carboxylic acids is 2. The van der Waals surface area contributed by atoms with E-state index in [-0.39, 0.29) is 11.9 Å². The second-order valence-electron chi connectivity index (χ2n) is 9.51. The van der Waals surface area contributed by atoms with Crippen molar-refractivity contribution >= 4 is 34.7 Å². The van der Waals surface area contributed by atoms with Gasteiger partial charge in [-0.25, -0.2) is 15.1 Å². The lowest BCUT2D eigenvalue weighted by Gasteiger charge is -2.31. The second kappa shape index (κ2) is 16.4. The predicted molar refractivity (Wildman–Crippen MR) is 147 cm³/mol. The highest BCUT2D eigenvalue weighted by molar-refractivity contribution is 5.95. The van der Waals surface area contributed by atoms with Crippen LogP contribution in [0, 0.1) is 12.8 Å². The molecule has 0 bridgehead atoms. The Kier molecular flexibility index (Phi) is 13.2. The topological polar surface area (TPSA) is 187 Å². The minimum atomic E-state index is -5.08. The summed E-state index contributed by atoms with van der Waals surface area (Å²) in [4.78, 5) is 46.9. The molecule has 3 aromatic rings. The Balaban J connectivity index is 0.000000440. The number of para-hydroxylation sites is 1. The summed E-state index contributed by atoms with van der Waals surface area (Å²) in [5, 5.41) is 30.2. The van der Waals surface area contributed by atoms with Gasteiger partial charge in [0.25, 0.3) is 5.91 Å². The third-order valence-corrected chi connectivity index (χ3v) is 6.17. The maximum absolute atomic E-state index is 12.7. The molecule has 2 aromatic carbocycles. The number of pyridine rings is 1. The predicted octanol–water partition coefficient (Wildman–Crippen LogP) is 3.60. The van der Waals surface area contributed by atoms with Crippen LogP contribution in [-0.2, 0) is 21.0 Å². The van der Waals surface area contributed by atoms with Crippen LogP contribution in [0.5, 0.6) is 5.75 Å². The molecule has 46 heavy (non-hydrogen) atoms. The van der Waals surface area contributed by atoms with Crippen molar-refractivity contribution in [2.75, 3.05) is 13.1 Å². The van der Waals surface area contributed by atoms with Crippen LogP contribution in [0.4, 0.5) is 26.3 Å². The molecular weight excluding hydrogens is 634 g/mol. The third kappa shape index (κ3) is 11.5. The Bertz CT molecular complexity index is 1490. The molecule has 1 aliphatic heterocycles. The van der Waals surface area contributed by atoms with Crippen molar-refractivity contribution in [1.29, 1.82) is 0 Å². The number of aliphatic carboxylic acids is 2. The molecule has 4 rings (SSSR count). The molecule has 6 N–H and O–H groups in total. The third-order valence-electron chi connectivity index (χ3n) is 6.17. The van der Waals surface area contributed by atoms with Gasteiger partial charge in [0.15, 0.2) is 0 Å². The van der Waals surface area contributed by atoms with E-state index >= 15 is 0 Å². The van der Waals surface area contributed by atoms with E-state index in [2.05, 4.69) is 15.6 Å². The molecule has 2 heterocycles. The molecule has 0 unspecified atom stereocenters. The van der Waals surface area contributed by atoms with Gasteiger partial charge < -0.3 is 25.6 Å². The normalized spacial score (nSPS) is 16.1. The number of benzene rings is 2. The number of aryl methyl sites for hydroxylation is 1. The average Bonchev–Trinajstić information content (AvgIpc) is 2.99. The molecule has 1 saturated heterocycles. The molecule has 2 amide bonds. The summed E-state index contributed by atoms with van der Waals surface area (Å²) >= 11 is 0. The number of carboxylic acid groups (broad SMARTS) is 2. The fourth-order valence-corrected chi connectivity index (χ4v) is 4.02. The van der Waals surface area contributed by atoms with Crippen molar-refractivity contribution in [2.24, 2.45) is 5.92 Å². The van der Waals surface area contributed by atoms with E-state index in [0.29, 0.717) is 37.4 Å². The van der Waals surface area contributed by atoms with Gasteiger partial charge in [-0.15, -0.1) is 0 Å². The summed E-state index contributed by atoms with van der Waals surface area (Å²) in [6.45, 7) is 3.44. The van der Waals surface area contributed by atoms with Crippen molar-refractivity contribution in [1.82, 2.24) is 21.1 Å². The number of rotatable bonds is 6. The van der Waals surface area contributed by atoms with Gasteiger partial charge in [0.05, 0.1) is 11.4 Å². The highest BCUT2D eigenvalue weighted by Gasteiger charge is 2.39. The Hall–Kier alpha value is -4.97. The summed E-state index contributed by atoms with van der Waals surface area (Å²) in [5.74, 6) is -6.17. The number of hydroxylamine groups is 1. The maximum Gasteiger partial charge on any atom is 0.490 e. The van der Waals surface area contributed by atoms with E-state index in [4.69, 9.17) is 29.7 Å². The largest absolute Gasteiger partial charge is 0.490 e. The number of ether oxygens (including phenoxy) is 1. The first-order valence-corrected chi connectivity index (χ1v) is 13.1. The molecule has 250 valence electrons. The standard InChI is InChI=1S/C24H26N4O4.2C2HF3O2/c1-15-12-17(19-4-2-3-5-21(19)26-15)14-32-18-8-6-16(7-9-18)23(29)27-22-10-11-25-13-20(22)24(30)28-31;2*3-2(4,5)1(6)7/h2-9,12,20,22,25,31H,10-11,13-14H2,1H3,(H,27,29)(H,28,30);2*(H,6,7)/t20-,22+;;/m0../s1. The second-order valence-corrected chi connectivity index (χ2v) is 9.51. The molecular formula is C28H28F6N4O8. The van der Waals surface area contributed by atoms with E-state index < -0.39 is 36.1 Å². The highest BCUT2D eigenvalue weighted by Crippen LogP contribution is 2.21. The SMILES string of the molecule is Cc1cc(COc2ccc(C(=O)N[C@@H]3CCNC[C@@H]3C(=O)NO)cc2)c2ccccc2n1.O=C(O)C(F)(F)F.O=C(O)C(F)(F)F. The number of nitrogens with one attached hydrogen (secondary N) is 3. The van der Waals surface area contributed by atoms with Crippen LogP contribution >= 0.6 is 0 Å². The molecule has 0 radical (unpaired) electrons. The number of hydrogen-bond acceptors (Lipinski definition) is 8. The Morgan fingerprint density at radius 3 is 2.07 bits per heavy atom. The van der Waals surface area contributed by atoms with Crippen LogP contribution in [0.2, 0.25) is 0 Å². The number of aromatic nitrogens is 1. The van der Waals surface area contributed by atoms with Crippen LogP contribution in [0.3, 0.4) is 0 Å². The van der Waals surface area contributed by atoms with Gasteiger partial charge in [0.1, 0.15) is 12.4 Å². The summed E-state index contributed by atoms with van der Waals surface area (Å²) in [6.07, 6.45) is -9.57. The monoisotopic (exact) mass is 662 g/mol. The highest BCUT2D eigenvalue weighted by atomic mass is 19.4. The van der Waals surface area contributed by atoms with Crippen LogP contribution in [0.25, 0.3) is 10.9 Å². The fourth-order valence-electron chi connectivity index (χ4n) is 4.02. The van der Waals surface area contributed by atoms with Gasteiger partial charge in [-0.3, -0.25) is 19.8 Å². The summed E-state index contributed by atoms with van der Waals surface area (Å²) in [7, 11) is 0. The van der Waals surface area contributed by atoms with Gasteiger partial charge in [0.2, 0.25) is 5.91 Å². The summed E-state index contributed by atoms with van der Waals surface area (Å²) in [5.41, 5.74) is 5.07. The summed E-state index contributed by atoms with van der Waals surface area (Å²) in [6, 6.07) is 16.5. The van der Waals surface area contributed by atoms with E-state index in [0.717, 1.165) is 22.2 Å². The smallest absolute Gasteiger partial charge is 0.489 e. The van der Waals surface area contributed by atoms with E-state index in [1.165, 1.54) is 0 Å². The number of carboxylic acids is 2. The lowest BCUT2D eigenvalue weighted by Crippen LogP contribution is -2.54. The van der Waals surface area contributed by atoms with Gasteiger partial charge in [-0.2, -0.15) is 26.3 Å². The molecule has 1 fully saturated rings. The first-order chi connectivity index (χ1) is 21.4. The number of amides is 2. The van der Waals surface area contributed by atoms with Crippen molar-refractivity contribution < 1.29 is 65.7 Å². The minimum Gasteiger partial charge on any atom is -0.489 e. The van der Waals surface area contributed by atoms with E-state index in [1.807, 2.05) is 37.3 Å². The maximum atomic E-state index is 12.7. The minimum absolute atomic E-state index is 0.269. The van der Waals surface area contributed by atoms with Crippen LogP contribution < -0.4 is 20.9 Å². The number of hydrogen-bond donors (Lipinski definition) is 6. The van der Waals surface area contributed by atoms with Gasteiger partial charge in [-0.05, 0) is 56.3 Å². The molecule has 2 atom stereocenters. The van der Waals surface area contributed by atoms with Crippen LogP contribution in [-0.4, -0.2) is 75.6 Å². The number of nitrogens with zero attached hydrogens (tertiary/aromatic N) is 1. The van der Waals surface area contributed by atoms with Crippen molar-refractivity contribution in [2.45, 2.75) is 38.3 Å².